The zero-order chi connectivity index (χ0) is 56.4. The summed E-state index contributed by atoms with van der Waals surface area (Å²) in [6.07, 6.45) is 3.73. The number of aryl methyl sites for hydroxylation is 1. The first kappa shape index (κ1) is 59.3. The average molecular weight is 1110 g/mol. The molecule has 0 spiro atoms. The molecule has 18 nitrogen and oxygen atoms in total. The SMILES string of the molecule is Cc1ncsc1-c1ccc(C(C)NC(=O)[C@@H]2C[C@@H](O)CN2C(=O)C(NC(=O)COCCOCCOCCN2C(C)(C)CC(NC(=O)c3ccc(Oc4cccc(-c5ccnnc5)c4C#N)c(Cl)c3)CC2(C)C)C(C)(C)C)cc1. The molecule has 0 bridgehead atoms. The Hall–Kier alpha value is -6.37. The third kappa shape index (κ3) is 15.0. The highest BCUT2D eigenvalue weighted by Gasteiger charge is 2.46. The molecule has 0 radical (unpaired) electrons. The summed E-state index contributed by atoms with van der Waals surface area (Å²) in [5, 5.41) is 37.7. The van der Waals surface area contributed by atoms with Gasteiger partial charge in [-0.25, -0.2) is 4.98 Å². The van der Waals surface area contributed by atoms with Crippen molar-refractivity contribution < 1.29 is 43.2 Å². The maximum atomic E-state index is 14.1. The number of β-amino-alcohol motifs (C(OH)–C–C–N with tert-alkyl or cyclic N) is 1. The molecule has 4 N–H and O–H groups in total. The number of hydrogen-bond donors (Lipinski definition) is 4. The number of halogens is 1. The fraction of sp³-hybridized carbons (Fsp3) is 0.483. The molecule has 2 aliphatic heterocycles. The van der Waals surface area contributed by atoms with Crippen LogP contribution >= 0.6 is 22.9 Å². The highest BCUT2D eigenvalue weighted by Crippen LogP contribution is 2.40. The molecule has 2 fully saturated rings. The van der Waals surface area contributed by atoms with E-state index in [1.807, 2.05) is 64.4 Å². The van der Waals surface area contributed by atoms with Gasteiger partial charge in [-0.05, 0) is 101 Å². The minimum absolute atomic E-state index is 0.0325. The summed E-state index contributed by atoms with van der Waals surface area (Å²) in [5.74, 6) is -0.954. The molecule has 4 amide bonds. The van der Waals surface area contributed by atoms with E-state index in [-0.39, 0.29) is 72.8 Å². The topological polar surface area (TPSA) is 230 Å². The van der Waals surface area contributed by atoms with Gasteiger partial charge in [0.2, 0.25) is 17.7 Å². The number of nitrogens with zero attached hydrogens (tertiary/aromatic N) is 6. The number of ether oxygens (including phenoxy) is 4. The number of thiazole rings is 1. The lowest BCUT2D eigenvalue weighted by atomic mass is 9.77. The molecular formula is C58H72ClN9O9S. The summed E-state index contributed by atoms with van der Waals surface area (Å²) in [5.41, 5.74) is 5.50. The van der Waals surface area contributed by atoms with E-state index in [0.29, 0.717) is 67.4 Å². The predicted molar refractivity (Wildman–Crippen MR) is 298 cm³/mol. The third-order valence-electron chi connectivity index (χ3n) is 14.2. The normalized spacial score (nSPS) is 18.2. The molecule has 5 aromatic rings. The van der Waals surface area contributed by atoms with Gasteiger partial charge in [-0.3, -0.25) is 24.1 Å². The lowest BCUT2D eigenvalue weighted by molar-refractivity contribution is -0.144. The zero-order valence-electron chi connectivity index (χ0n) is 45.9. The highest BCUT2D eigenvalue weighted by molar-refractivity contribution is 7.13. The maximum Gasteiger partial charge on any atom is 0.251 e. The molecule has 0 saturated carbocycles. The third-order valence-corrected chi connectivity index (χ3v) is 15.5. The number of aromatic nitrogens is 3. The summed E-state index contributed by atoms with van der Waals surface area (Å²) in [6, 6.07) is 19.6. The summed E-state index contributed by atoms with van der Waals surface area (Å²) in [7, 11) is 0. The second-order valence-electron chi connectivity index (χ2n) is 22.2. The van der Waals surface area contributed by atoms with Gasteiger partial charge in [-0.2, -0.15) is 15.5 Å². The van der Waals surface area contributed by atoms with E-state index in [2.05, 4.69) is 69.8 Å². The molecule has 416 valence electrons. The first-order chi connectivity index (χ1) is 37.1. The monoisotopic (exact) mass is 1110 g/mol. The van der Waals surface area contributed by atoms with Crippen molar-refractivity contribution in [2.75, 3.05) is 52.7 Å². The average Bonchev–Trinajstić information content (AvgIpc) is 4.04. The molecule has 2 saturated heterocycles. The summed E-state index contributed by atoms with van der Waals surface area (Å²) in [4.78, 5) is 63.7. The number of amides is 4. The molecule has 4 atom stereocenters. The zero-order valence-corrected chi connectivity index (χ0v) is 47.5. The van der Waals surface area contributed by atoms with Gasteiger partial charge < -0.3 is 44.9 Å². The van der Waals surface area contributed by atoms with Crippen molar-refractivity contribution in [1.29, 1.82) is 5.26 Å². The molecular weight excluding hydrogens is 1030 g/mol. The number of likely N-dealkylation sites (tertiary alicyclic amines) is 2. The Labute approximate surface area is 466 Å². The Morgan fingerprint density at radius 2 is 1.59 bits per heavy atom. The minimum atomic E-state index is -0.988. The number of carbonyl (C=O) groups excluding carboxylic acids is 4. The van der Waals surface area contributed by atoms with Crippen LogP contribution in [0.25, 0.3) is 21.6 Å². The van der Waals surface area contributed by atoms with Crippen LogP contribution in [-0.4, -0.2) is 142 Å². The van der Waals surface area contributed by atoms with E-state index >= 15 is 0 Å². The molecule has 20 heteroatoms. The molecule has 2 unspecified atom stereocenters. The van der Waals surface area contributed by atoms with Crippen molar-refractivity contribution in [3.63, 3.8) is 0 Å². The van der Waals surface area contributed by atoms with Gasteiger partial charge in [0.05, 0.1) is 78.7 Å². The molecule has 2 aromatic heterocycles. The van der Waals surface area contributed by atoms with Crippen molar-refractivity contribution in [1.82, 2.24) is 40.9 Å². The van der Waals surface area contributed by atoms with Crippen molar-refractivity contribution >= 4 is 46.6 Å². The lowest BCUT2D eigenvalue weighted by Gasteiger charge is -2.55. The second-order valence-corrected chi connectivity index (χ2v) is 23.4. The fourth-order valence-corrected chi connectivity index (χ4v) is 11.6. The molecule has 3 aromatic carbocycles. The molecule has 2 aliphatic rings. The van der Waals surface area contributed by atoms with Gasteiger partial charge in [0.25, 0.3) is 5.91 Å². The van der Waals surface area contributed by atoms with Crippen LogP contribution in [0.3, 0.4) is 0 Å². The van der Waals surface area contributed by atoms with Crippen molar-refractivity contribution in [3.05, 3.63) is 112 Å². The summed E-state index contributed by atoms with van der Waals surface area (Å²) < 4.78 is 23.4. The number of aliphatic hydroxyl groups excluding tert-OH is 1. The fourth-order valence-electron chi connectivity index (χ4n) is 10.5. The van der Waals surface area contributed by atoms with Crippen LogP contribution in [0.2, 0.25) is 5.02 Å². The Balaban J connectivity index is 0.791. The number of benzene rings is 3. The van der Waals surface area contributed by atoms with Crippen LogP contribution < -0.4 is 20.7 Å². The van der Waals surface area contributed by atoms with Gasteiger partial charge in [-0.15, -0.1) is 11.3 Å². The number of nitrogens with one attached hydrogen (secondary N) is 3. The quantitative estimate of drug-likeness (QED) is 0.0481. The van der Waals surface area contributed by atoms with Gasteiger partial charge in [0, 0.05) is 53.3 Å². The van der Waals surface area contributed by atoms with Crippen molar-refractivity contribution in [2.45, 2.75) is 123 Å². The Bertz CT molecular complexity index is 2910. The van der Waals surface area contributed by atoms with Crippen LogP contribution in [0.1, 0.15) is 108 Å². The summed E-state index contributed by atoms with van der Waals surface area (Å²) in [6.45, 7) is 19.8. The van der Waals surface area contributed by atoms with Crippen molar-refractivity contribution in [3.8, 4) is 39.1 Å². The number of piperidine rings is 1. The van der Waals surface area contributed by atoms with E-state index < -0.39 is 35.4 Å². The van der Waals surface area contributed by atoms with E-state index in [0.717, 1.165) is 27.3 Å². The molecule has 7 rings (SSSR count). The highest BCUT2D eigenvalue weighted by atomic mass is 35.5. The summed E-state index contributed by atoms with van der Waals surface area (Å²) >= 11 is 8.23. The second kappa shape index (κ2) is 26.1. The number of nitriles is 1. The number of carbonyl (C=O) groups is 4. The van der Waals surface area contributed by atoms with Gasteiger partial charge in [0.15, 0.2) is 0 Å². The first-order valence-electron chi connectivity index (χ1n) is 26.2. The largest absolute Gasteiger partial charge is 0.454 e. The number of rotatable bonds is 22. The van der Waals surface area contributed by atoms with E-state index in [1.165, 1.54) is 4.90 Å². The Kier molecular flexibility index (Phi) is 19.8. The smallest absolute Gasteiger partial charge is 0.251 e. The Morgan fingerprint density at radius 3 is 2.22 bits per heavy atom. The lowest BCUT2D eigenvalue weighted by Crippen LogP contribution is -2.64. The Morgan fingerprint density at radius 1 is 0.897 bits per heavy atom. The predicted octanol–water partition coefficient (Wildman–Crippen LogP) is 8.06. The molecule has 4 heterocycles. The van der Waals surface area contributed by atoms with Crippen LogP contribution in [0.4, 0.5) is 0 Å². The minimum Gasteiger partial charge on any atom is -0.454 e. The van der Waals surface area contributed by atoms with E-state index in [4.69, 9.17) is 30.5 Å². The van der Waals surface area contributed by atoms with Gasteiger partial charge >= 0.3 is 0 Å². The van der Waals surface area contributed by atoms with E-state index in [9.17, 15) is 29.5 Å². The van der Waals surface area contributed by atoms with Crippen LogP contribution in [0.15, 0.2) is 84.6 Å². The van der Waals surface area contributed by atoms with Gasteiger partial charge in [0.1, 0.15) is 41.8 Å². The van der Waals surface area contributed by atoms with Crippen molar-refractivity contribution in [2.24, 2.45) is 5.41 Å². The van der Waals surface area contributed by atoms with Gasteiger partial charge in [-0.1, -0.05) is 68.8 Å². The molecule has 78 heavy (non-hydrogen) atoms. The van der Waals surface area contributed by atoms with E-state index in [1.54, 1.807) is 66.2 Å². The number of aliphatic hydroxyl groups is 1. The maximum absolute atomic E-state index is 14.1. The molecule has 0 aliphatic carbocycles. The van der Waals surface area contributed by atoms with Crippen LogP contribution in [-0.2, 0) is 28.6 Å². The first-order valence-corrected chi connectivity index (χ1v) is 27.5. The van der Waals surface area contributed by atoms with Crippen LogP contribution in [0.5, 0.6) is 11.5 Å². The number of hydrogen-bond acceptors (Lipinski definition) is 15. The van der Waals surface area contributed by atoms with Crippen LogP contribution in [0, 0.1) is 23.7 Å². The standard InChI is InChI=1S/C58H72ClN9O9S/c1-36(38-13-15-39(16-14-38)51-37(2)61-35-78-51)64-54(72)47-28-43(69)33-67(47)55(73)52(56(3,4)5)66-50(70)34-76-26-25-75-24-23-74-22-21-68-57(6,7)29-42(30-58(68,8)9)65-53(71)40-17-18-49(46(59)27-40)77-48-12-10-11-44(45(48)31-60)41-19-20-62-63-32-41/h10-20,27,32,35-36,42-43,47,52,69H,21-26,28-30,33-34H2,1-9H3,(H,64,72)(H,65,71)(H,66,70)/t36?,43-,47+,52?/m1/s1.